The Morgan fingerprint density at radius 2 is 2.05 bits per heavy atom. The lowest BCUT2D eigenvalue weighted by Gasteiger charge is -2.11. The van der Waals surface area contributed by atoms with Crippen molar-refractivity contribution in [2.75, 3.05) is 6.61 Å². The zero-order valence-electron chi connectivity index (χ0n) is 10.7. The molecule has 1 rings (SSSR count). The fraction of sp³-hybridized carbons (Fsp3) is 0.286. The van der Waals surface area contributed by atoms with Crippen molar-refractivity contribution in [2.24, 2.45) is 0 Å². The molecule has 0 atom stereocenters. The second-order valence-electron chi connectivity index (χ2n) is 3.98. The number of hydrogen-bond acceptors (Lipinski definition) is 3. The van der Waals surface area contributed by atoms with Crippen molar-refractivity contribution < 1.29 is 24.5 Å². The van der Waals surface area contributed by atoms with Crippen LogP contribution in [0.5, 0.6) is 5.75 Å². The molecule has 20 heavy (non-hydrogen) atoms. The average molecular weight is 343 g/mol. The summed E-state index contributed by atoms with van der Waals surface area (Å²) in [5, 5.41) is 17.8. The van der Waals surface area contributed by atoms with E-state index in [1.54, 1.807) is 12.1 Å². The molecule has 6 heteroatoms. The van der Waals surface area contributed by atoms with E-state index >= 15 is 0 Å². The first-order valence-electron chi connectivity index (χ1n) is 5.98. The summed E-state index contributed by atoms with van der Waals surface area (Å²) in [5.74, 6) is -1.36. The molecule has 1 aromatic rings. The van der Waals surface area contributed by atoms with Gasteiger partial charge < -0.3 is 14.9 Å². The predicted octanol–water partition coefficient (Wildman–Crippen LogP) is 2.92. The van der Waals surface area contributed by atoms with Crippen LogP contribution >= 0.6 is 15.9 Å². The molecule has 0 saturated carbocycles. The molecule has 0 aliphatic rings. The zero-order valence-corrected chi connectivity index (χ0v) is 12.3. The molecule has 0 aromatic heterocycles. The van der Waals surface area contributed by atoms with Gasteiger partial charge in [0.05, 0.1) is 6.61 Å². The third-order valence-corrected chi connectivity index (χ3v) is 3.09. The number of carboxylic acid groups (broad SMARTS) is 2. The highest BCUT2D eigenvalue weighted by molar-refractivity contribution is 9.08. The van der Waals surface area contributed by atoms with Crippen LogP contribution in [0.4, 0.5) is 0 Å². The molecule has 1 aromatic carbocycles. The van der Waals surface area contributed by atoms with Crippen molar-refractivity contribution in [3.05, 3.63) is 35.4 Å². The number of alkyl halides is 1. The van der Waals surface area contributed by atoms with Crippen LogP contribution in [0.3, 0.4) is 0 Å². The molecule has 108 valence electrons. The highest BCUT2D eigenvalue weighted by Gasteiger charge is 2.07. The summed E-state index contributed by atoms with van der Waals surface area (Å²) >= 11 is 3.34. The van der Waals surface area contributed by atoms with Crippen LogP contribution in [0.1, 0.15) is 24.0 Å². The molecular formula is C14H15BrO5. The first-order chi connectivity index (χ1) is 9.54. The molecule has 5 nitrogen and oxygen atoms in total. The molecule has 0 spiro atoms. The van der Waals surface area contributed by atoms with E-state index in [1.807, 2.05) is 6.07 Å². The van der Waals surface area contributed by atoms with Crippen LogP contribution in [0.25, 0.3) is 6.08 Å². The number of aliphatic carboxylic acids is 2. The first kappa shape index (κ1) is 16.2. The van der Waals surface area contributed by atoms with E-state index in [4.69, 9.17) is 14.9 Å². The molecule has 0 amide bonds. The number of benzene rings is 1. The van der Waals surface area contributed by atoms with Crippen LogP contribution in [0.2, 0.25) is 0 Å². The van der Waals surface area contributed by atoms with Gasteiger partial charge in [-0.15, -0.1) is 0 Å². The molecule has 0 unspecified atom stereocenters. The summed E-state index contributed by atoms with van der Waals surface area (Å²) in [7, 11) is 0. The molecule has 0 saturated heterocycles. The van der Waals surface area contributed by atoms with Gasteiger partial charge in [-0.2, -0.15) is 0 Å². The van der Waals surface area contributed by atoms with E-state index < -0.39 is 11.9 Å². The summed E-state index contributed by atoms with van der Waals surface area (Å²) in [6.45, 7) is 0.270. The Morgan fingerprint density at radius 1 is 1.30 bits per heavy atom. The van der Waals surface area contributed by atoms with Crippen molar-refractivity contribution >= 4 is 33.9 Å². The Hall–Kier alpha value is -1.82. The van der Waals surface area contributed by atoms with Gasteiger partial charge in [0.25, 0.3) is 0 Å². The molecule has 0 heterocycles. The van der Waals surface area contributed by atoms with Crippen molar-refractivity contribution in [3.63, 3.8) is 0 Å². The van der Waals surface area contributed by atoms with Gasteiger partial charge >= 0.3 is 11.9 Å². The summed E-state index contributed by atoms with van der Waals surface area (Å²) in [6, 6.07) is 5.40. The van der Waals surface area contributed by atoms with E-state index in [0.29, 0.717) is 23.1 Å². The minimum atomic E-state index is -1.04. The number of carbonyl (C=O) groups is 2. The van der Waals surface area contributed by atoms with Crippen molar-refractivity contribution in [1.82, 2.24) is 0 Å². The fourth-order valence-electron chi connectivity index (χ4n) is 1.58. The number of hydrogen-bond donors (Lipinski definition) is 2. The summed E-state index contributed by atoms with van der Waals surface area (Å²) in [4.78, 5) is 21.0. The van der Waals surface area contributed by atoms with Gasteiger partial charge in [0, 0.05) is 23.4 Å². The SMILES string of the molecule is O=C(O)/C=C/c1c(CBr)cccc1OCCCC(=O)O. The lowest BCUT2D eigenvalue weighted by Crippen LogP contribution is -2.03. The molecule has 0 aliphatic heterocycles. The Kier molecular flexibility index (Phi) is 6.79. The maximum atomic E-state index is 10.6. The number of rotatable bonds is 8. The van der Waals surface area contributed by atoms with Crippen LogP contribution in [-0.2, 0) is 14.9 Å². The second kappa shape index (κ2) is 8.37. The summed E-state index contributed by atoms with van der Waals surface area (Å²) in [5.41, 5.74) is 1.58. The van der Waals surface area contributed by atoms with Crippen molar-refractivity contribution in [2.45, 2.75) is 18.2 Å². The zero-order chi connectivity index (χ0) is 15.0. The molecule has 2 N–H and O–H groups in total. The maximum absolute atomic E-state index is 10.6. The van der Waals surface area contributed by atoms with E-state index in [2.05, 4.69) is 15.9 Å². The Labute approximate surface area is 125 Å². The molecule has 0 radical (unpaired) electrons. The largest absolute Gasteiger partial charge is 0.493 e. The normalized spacial score (nSPS) is 10.7. The van der Waals surface area contributed by atoms with E-state index in [1.165, 1.54) is 6.08 Å². The van der Waals surface area contributed by atoms with Crippen LogP contribution in [0.15, 0.2) is 24.3 Å². The van der Waals surface area contributed by atoms with Crippen LogP contribution in [-0.4, -0.2) is 28.8 Å². The fourth-order valence-corrected chi connectivity index (χ4v) is 2.07. The maximum Gasteiger partial charge on any atom is 0.328 e. The molecule has 0 aliphatic carbocycles. The smallest absolute Gasteiger partial charge is 0.328 e. The van der Waals surface area contributed by atoms with Gasteiger partial charge in [-0.05, 0) is 24.1 Å². The Bertz CT molecular complexity index is 510. The Balaban J connectivity index is 2.83. The van der Waals surface area contributed by atoms with Crippen molar-refractivity contribution in [3.8, 4) is 5.75 Å². The van der Waals surface area contributed by atoms with Gasteiger partial charge in [-0.25, -0.2) is 4.79 Å². The summed E-state index contributed by atoms with van der Waals surface area (Å²) in [6.07, 6.45) is 2.96. The van der Waals surface area contributed by atoms with E-state index in [9.17, 15) is 9.59 Å². The van der Waals surface area contributed by atoms with E-state index in [-0.39, 0.29) is 13.0 Å². The minimum absolute atomic E-state index is 0.0401. The third-order valence-electron chi connectivity index (χ3n) is 2.49. The third kappa shape index (κ3) is 5.44. The van der Waals surface area contributed by atoms with Gasteiger partial charge in [0.1, 0.15) is 5.75 Å². The number of ether oxygens (including phenoxy) is 1. The van der Waals surface area contributed by atoms with Crippen molar-refractivity contribution in [1.29, 1.82) is 0 Å². The highest BCUT2D eigenvalue weighted by atomic mass is 79.9. The predicted molar refractivity (Wildman–Crippen MR) is 78.1 cm³/mol. The first-order valence-corrected chi connectivity index (χ1v) is 7.10. The second-order valence-corrected chi connectivity index (χ2v) is 4.54. The molecular weight excluding hydrogens is 328 g/mol. The topological polar surface area (TPSA) is 83.8 Å². The minimum Gasteiger partial charge on any atom is -0.493 e. The monoisotopic (exact) mass is 342 g/mol. The van der Waals surface area contributed by atoms with Gasteiger partial charge in [0.2, 0.25) is 0 Å². The lowest BCUT2D eigenvalue weighted by atomic mass is 10.1. The van der Waals surface area contributed by atoms with Gasteiger partial charge in [-0.3, -0.25) is 4.79 Å². The van der Waals surface area contributed by atoms with Gasteiger partial charge in [-0.1, -0.05) is 28.1 Å². The standard InChI is InChI=1S/C14H15BrO5/c15-9-10-3-1-4-12(11(10)6-7-14(18)19)20-8-2-5-13(16)17/h1,3-4,6-7H,2,5,8-9H2,(H,16,17)(H,18,19)/b7-6+. The van der Waals surface area contributed by atoms with Crippen LogP contribution < -0.4 is 4.74 Å². The average Bonchev–Trinajstić information content (AvgIpc) is 2.41. The Morgan fingerprint density at radius 3 is 2.65 bits per heavy atom. The molecule has 0 bridgehead atoms. The number of halogens is 1. The van der Waals surface area contributed by atoms with E-state index in [0.717, 1.165) is 11.6 Å². The highest BCUT2D eigenvalue weighted by Crippen LogP contribution is 2.26. The van der Waals surface area contributed by atoms with Crippen LogP contribution in [0, 0.1) is 0 Å². The molecule has 0 fully saturated rings. The quantitative estimate of drug-likeness (QED) is 0.431. The van der Waals surface area contributed by atoms with Gasteiger partial charge in [0.15, 0.2) is 0 Å². The summed E-state index contributed by atoms with van der Waals surface area (Å²) < 4.78 is 5.53. The number of carboxylic acids is 2. The lowest BCUT2D eigenvalue weighted by molar-refractivity contribution is -0.137.